The Morgan fingerprint density at radius 3 is 2.62 bits per heavy atom. The normalized spacial score (nSPS) is 11.0. The van der Waals surface area contributed by atoms with Crippen LogP contribution in [0.25, 0.3) is 0 Å². The highest BCUT2D eigenvalue weighted by Gasteiger charge is 2.14. The second-order valence-electron chi connectivity index (χ2n) is 4.20. The Balaban J connectivity index is 2.40. The van der Waals surface area contributed by atoms with Crippen LogP contribution in [-0.2, 0) is 9.84 Å². The summed E-state index contributed by atoms with van der Waals surface area (Å²) in [5.74, 6) is -0.640. The first-order valence-corrected chi connectivity index (χ1v) is 8.37. The number of benzene rings is 2. The fourth-order valence-corrected chi connectivity index (χ4v) is 2.66. The fraction of sp³-hybridized carbons (Fsp3) is 0.0714. The van der Waals surface area contributed by atoms with Crippen molar-refractivity contribution in [3.8, 4) is 17.6 Å². The fourth-order valence-electron chi connectivity index (χ4n) is 1.59. The van der Waals surface area contributed by atoms with E-state index in [2.05, 4.69) is 15.9 Å². The van der Waals surface area contributed by atoms with Gasteiger partial charge in [-0.05, 0) is 46.3 Å². The largest absolute Gasteiger partial charge is 0.454 e. The summed E-state index contributed by atoms with van der Waals surface area (Å²) in [4.78, 5) is 0.0770. The molecule has 0 radical (unpaired) electrons. The summed E-state index contributed by atoms with van der Waals surface area (Å²) < 4.78 is 42.3. The molecule has 2 aromatic carbocycles. The molecule has 4 nitrogen and oxygen atoms in total. The van der Waals surface area contributed by atoms with Crippen LogP contribution in [-0.4, -0.2) is 14.7 Å². The molecule has 21 heavy (non-hydrogen) atoms. The third-order valence-corrected chi connectivity index (χ3v) is 4.51. The van der Waals surface area contributed by atoms with Gasteiger partial charge in [0.2, 0.25) is 0 Å². The van der Waals surface area contributed by atoms with E-state index in [9.17, 15) is 12.8 Å². The van der Waals surface area contributed by atoms with E-state index in [4.69, 9.17) is 10.00 Å². The average molecular weight is 370 g/mol. The maximum atomic E-state index is 14.0. The van der Waals surface area contributed by atoms with Crippen molar-refractivity contribution in [1.29, 1.82) is 5.26 Å². The van der Waals surface area contributed by atoms with Gasteiger partial charge >= 0.3 is 0 Å². The summed E-state index contributed by atoms with van der Waals surface area (Å²) in [6.45, 7) is 0. The summed E-state index contributed by atoms with van der Waals surface area (Å²) in [7, 11) is -3.37. The van der Waals surface area contributed by atoms with E-state index in [0.29, 0.717) is 0 Å². The zero-order valence-electron chi connectivity index (χ0n) is 10.8. The third-order valence-electron chi connectivity index (χ3n) is 2.63. The Bertz CT molecular complexity index is 844. The lowest BCUT2D eigenvalue weighted by Gasteiger charge is -2.09. The van der Waals surface area contributed by atoms with Gasteiger partial charge in [-0.1, -0.05) is 6.07 Å². The lowest BCUT2D eigenvalue weighted by Crippen LogP contribution is -1.97. The highest BCUT2D eigenvalue weighted by Crippen LogP contribution is 2.32. The van der Waals surface area contributed by atoms with Crippen molar-refractivity contribution in [1.82, 2.24) is 0 Å². The van der Waals surface area contributed by atoms with Crippen molar-refractivity contribution in [3.05, 3.63) is 52.3 Å². The van der Waals surface area contributed by atoms with E-state index in [-0.39, 0.29) is 26.4 Å². The van der Waals surface area contributed by atoms with E-state index in [1.54, 1.807) is 0 Å². The highest BCUT2D eigenvalue weighted by molar-refractivity contribution is 9.10. The van der Waals surface area contributed by atoms with Crippen molar-refractivity contribution < 1.29 is 17.5 Å². The first kappa shape index (κ1) is 15.5. The smallest absolute Gasteiger partial charge is 0.181 e. The molecule has 0 aliphatic carbocycles. The van der Waals surface area contributed by atoms with E-state index in [1.807, 2.05) is 6.07 Å². The Hall–Kier alpha value is -1.91. The van der Waals surface area contributed by atoms with Crippen LogP contribution in [0.1, 0.15) is 5.56 Å². The SMILES string of the molecule is CS(=O)(=O)c1cccc(Oc2ccc(C#N)c(Br)c2F)c1. The van der Waals surface area contributed by atoms with Crippen LogP contribution in [0.15, 0.2) is 45.8 Å². The lowest BCUT2D eigenvalue weighted by atomic mass is 10.2. The number of rotatable bonds is 3. The van der Waals surface area contributed by atoms with Gasteiger partial charge in [0.05, 0.1) is 14.9 Å². The second-order valence-corrected chi connectivity index (χ2v) is 7.01. The molecule has 108 valence electrons. The maximum Gasteiger partial charge on any atom is 0.181 e. The predicted octanol–water partition coefficient (Wildman–Crippen LogP) is 3.66. The van der Waals surface area contributed by atoms with Crippen molar-refractivity contribution in [2.45, 2.75) is 4.90 Å². The monoisotopic (exact) mass is 369 g/mol. The average Bonchev–Trinajstić information content (AvgIpc) is 2.44. The van der Waals surface area contributed by atoms with Gasteiger partial charge in [0.15, 0.2) is 21.4 Å². The lowest BCUT2D eigenvalue weighted by molar-refractivity contribution is 0.439. The minimum atomic E-state index is -3.37. The van der Waals surface area contributed by atoms with E-state index < -0.39 is 15.7 Å². The number of nitriles is 1. The van der Waals surface area contributed by atoms with E-state index >= 15 is 0 Å². The molecule has 0 heterocycles. The topological polar surface area (TPSA) is 67.2 Å². The number of sulfone groups is 1. The molecule has 0 amide bonds. The summed E-state index contributed by atoms with van der Waals surface area (Å²) in [5.41, 5.74) is 0.143. The van der Waals surface area contributed by atoms with Gasteiger partial charge in [-0.25, -0.2) is 12.8 Å². The van der Waals surface area contributed by atoms with Crippen molar-refractivity contribution >= 4 is 25.8 Å². The van der Waals surface area contributed by atoms with Gasteiger partial charge in [0.1, 0.15) is 11.8 Å². The standard InChI is InChI=1S/C14H9BrFNO3S/c1-21(18,19)11-4-2-3-10(7-11)20-12-6-5-9(8-17)13(15)14(12)16/h2-7H,1H3. The molecule has 0 unspecified atom stereocenters. The number of ether oxygens (including phenoxy) is 1. The van der Waals surface area contributed by atoms with Crippen LogP contribution >= 0.6 is 15.9 Å². The number of nitrogens with zero attached hydrogens (tertiary/aromatic N) is 1. The number of hydrogen-bond donors (Lipinski definition) is 0. The first-order valence-electron chi connectivity index (χ1n) is 5.69. The van der Waals surface area contributed by atoms with E-state index in [1.165, 1.54) is 36.4 Å². The molecule has 0 fully saturated rings. The highest BCUT2D eigenvalue weighted by atomic mass is 79.9. The van der Waals surface area contributed by atoms with Crippen LogP contribution in [0, 0.1) is 17.1 Å². The summed E-state index contributed by atoms with van der Waals surface area (Å²) in [5, 5.41) is 8.80. The van der Waals surface area contributed by atoms with Gasteiger partial charge in [0, 0.05) is 6.26 Å². The van der Waals surface area contributed by atoms with Gasteiger partial charge in [-0.15, -0.1) is 0 Å². The molecule has 2 aromatic rings. The Labute approximate surface area is 129 Å². The minimum absolute atomic E-state index is 0.00164. The molecule has 2 rings (SSSR count). The second kappa shape index (κ2) is 5.84. The maximum absolute atomic E-state index is 14.0. The molecular formula is C14H9BrFNO3S. The van der Waals surface area contributed by atoms with Gasteiger partial charge in [-0.3, -0.25) is 0 Å². The van der Waals surface area contributed by atoms with Gasteiger partial charge in [-0.2, -0.15) is 5.26 Å². The first-order chi connectivity index (χ1) is 9.82. The number of hydrogen-bond acceptors (Lipinski definition) is 4. The minimum Gasteiger partial charge on any atom is -0.454 e. The summed E-state index contributed by atoms with van der Waals surface area (Å²) in [6, 6.07) is 10.3. The van der Waals surface area contributed by atoms with Crippen molar-refractivity contribution in [2.24, 2.45) is 0 Å². The predicted molar refractivity (Wildman–Crippen MR) is 78.4 cm³/mol. The van der Waals surface area contributed by atoms with Gasteiger partial charge in [0.25, 0.3) is 0 Å². The quantitative estimate of drug-likeness (QED) is 0.827. The Morgan fingerprint density at radius 1 is 1.29 bits per heavy atom. The Morgan fingerprint density at radius 2 is 2.00 bits per heavy atom. The van der Waals surface area contributed by atoms with Crippen LogP contribution in [0.5, 0.6) is 11.5 Å². The molecule has 0 spiro atoms. The zero-order chi connectivity index (χ0) is 15.6. The van der Waals surface area contributed by atoms with Crippen LogP contribution < -0.4 is 4.74 Å². The third kappa shape index (κ3) is 3.40. The van der Waals surface area contributed by atoms with Crippen LogP contribution in [0.3, 0.4) is 0 Å². The summed E-state index contributed by atoms with van der Waals surface area (Å²) >= 11 is 2.98. The molecule has 7 heteroatoms. The molecule has 0 saturated carbocycles. The molecule has 0 N–H and O–H groups in total. The Kier molecular flexibility index (Phi) is 4.30. The van der Waals surface area contributed by atoms with Crippen molar-refractivity contribution in [2.75, 3.05) is 6.26 Å². The molecule has 0 bridgehead atoms. The van der Waals surface area contributed by atoms with Crippen LogP contribution in [0.2, 0.25) is 0 Å². The molecular weight excluding hydrogens is 361 g/mol. The molecule has 0 atom stereocenters. The number of halogens is 2. The molecule has 0 saturated heterocycles. The van der Waals surface area contributed by atoms with E-state index in [0.717, 1.165) is 6.26 Å². The molecule has 0 aliphatic rings. The zero-order valence-corrected chi connectivity index (χ0v) is 13.2. The molecule has 0 aromatic heterocycles. The van der Waals surface area contributed by atoms with Crippen molar-refractivity contribution in [3.63, 3.8) is 0 Å². The van der Waals surface area contributed by atoms with Gasteiger partial charge < -0.3 is 4.74 Å². The molecule has 0 aliphatic heterocycles. The summed E-state index contributed by atoms with van der Waals surface area (Å²) in [6.07, 6.45) is 1.07. The van der Waals surface area contributed by atoms with Crippen LogP contribution in [0.4, 0.5) is 4.39 Å².